The largest absolute Gasteiger partial charge is 0.495 e. The zero-order valence-electron chi connectivity index (χ0n) is 60.0. The molecule has 6 heterocycles. The summed E-state index contributed by atoms with van der Waals surface area (Å²) in [5.41, 5.74) is 10.8. The van der Waals surface area contributed by atoms with Gasteiger partial charge in [0.15, 0.2) is 0 Å². The summed E-state index contributed by atoms with van der Waals surface area (Å²) in [7, 11) is -0.349. The molecule has 10 heteroatoms. The number of allylic oxidation sites excluding steroid dienone is 6. The Bertz CT molecular complexity index is 3440. The molecule has 1 aliphatic heterocycles. The molecular formula is C83H122O4S6. The van der Waals surface area contributed by atoms with E-state index >= 15 is 8.42 Å². The van der Waals surface area contributed by atoms with Crippen molar-refractivity contribution in [1.82, 2.24) is 0 Å². The van der Waals surface area contributed by atoms with Crippen LogP contribution in [-0.2, 0) is 29.1 Å². The molecule has 1 aromatic carbocycles. The Kier molecular flexibility index (Phi) is 32.5. The number of hydrogen-bond acceptors (Lipinski definition) is 9. The van der Waals surface area contributed by atoms with Gasteiger partial charge in [-0.25, -0.2) is 8.42 Å². The predicted molar refractivity (Wildman–Crippen MR) is 418 cm³/mol. The van der Waals surface area contributed by atoms with Crippen LogP contribution in [0.4, 0.5) is 0 Å². The summed E-state index contributed by atoms with van der Waals surface area (Å²) >= 11 is 9.33. The van der Waals surface area contributed by atoms with E-state index in [-0.39, 0.29) is 0 Å². The predicted octanol–water partition coefficient (Wildman–Crippen LogP) is 29.4. The number of thiophene rings is 5. The fourth-order valence-corrected chi connectivity index (χ4v) is 23.2. The van der Waals surface area contributed by atoms with Gasteiger partial charge in [-0.15, -0.1) is 56.7 Å². The van der Waals surface area contributed by atoms with E-state index < -0.39 is 9.84 Å². The van der Waals surface area contributed by atoms with E-state index in [4.69, 9.17) is 9.47 Å². The van der Waals surface area contributed by atoms with E-state index in [0.717, 1.165) is 142 Å². The third kappa shape index (κ3) is 20.4. The third-order valence-corrected chi connectivity index (χ3v) is 28.3. The minimum Gasteiger partial charge on any atom is -0.495 e. The highest BCUT2D eigenvalue weighted by Crippen LogP contribution is 2.57. The van der Waals surface area contributed by atoms with Crippen LogP contribution in [-0.4, -0.2) is 22.6 Å². The lowest BCUT2D eigenvalue weighted by Gasteiger charge is -2.15. The molecule has 2 aliphatic rings. The van der Waals surface area contributed by atoms with Crippen LogP contribution in [0.15, 0.2) is 63.6 Å². The normalized spacial score (nSPS) is 14.3. The van der Waals surface area contributed by atoms with Gasteiger partial charge < -0.3 is 9.47 Å². The molecule has 0 saturated heterocycles. The number of rotatable bonds is 49. The maximum Gasteiger partial charge on any atom is 0.208 e. The molecule has 0 fully saturated rings. The average Bonchev–Trinajstić information content (AvgIpc) is 1.58. The number of hydrogen-bond donors (Lipinski definition) is 0. The van der Waals surface area contributed by atoms with Crippen molar-refractivity contribution < 1.29 is 17.9 Å². The van der Waals surface area contributed by atoms with Gasteiger partial charge in [0.05, 0.1) is 33.4 Å². The highest BCUT2D eigenvalue weighted by atomic mass is 32.2. The van der Waals surface area contributed by atoms with E-state index in [1.165, 1.54) is 242 Å². The molecule has 0 atom stereocenters. The number of benzene rings is 1. The SMILES string of the molecule is CCCCCCCCCCCCC1=C(C2=CC(CCCCCC)=C(c3cc(CCCCCC)c(-c4cc5c(OC)c6sc(C)cc6c(OC)c5s4)s3)S2(=O)=O)CC(c2cc(CCCCCC)c(-c3cc(CCCCCC)c(C)s3)s2)=C1CCCCCCCCCCCC. The Balaban J connectivity index is 1.23. The monoisotopic (exact) mass is 1370 g/mol. The Morgan fingerprint density at radius 2 is 0.753 bits per heavy atom. The van der Waals surface area contributed by atoms with Gasteiger partial charge in [-0.2, -0.15) is 0 Å². The second-order valence-electron chi connectivity index (χ2n) is 27.7. The number of sulfone groups is 1. The van der Waals surface area contributed by atoms with Crippen LogP contribution in [0, 0.1) is 13.8 Å². The first-order valence-corrected chi connectivity index (χ1v) is 43.6. The minimum absolute atomic E-state index is 0.592. The van der Waals surface area contributed by atoms with Crippen molar-refractivity contribution in [3.05, 3.63) is 99.8 Å². The molecule has 514 valence electrons. The summed E-state index contributed by atoms with van der Waals surface area (Å²) in [4.78, 5) is 11.5. The van der Waals surface area contributed by atoms with E-state index in [2.05, 4.69) is 91.8 Å². The summed E-state index contributed by atoms with van der Waals surface area (Å²) < 4.78 is 48.0. The standard InChI is InChI=1S/C83H122O4S6/c1-11-17-23-29-31-33-35-37-39-45-51-66-67(52-46-40-38-36-34-32-30-24-18-12-2)69(58-68(66)72-55-63(48-42-26-20-14-4)79(90-72)73-54-62(61(8)89-73)47-41-25-19-13-3)76-57-65(50-44-28-22-16-6)83(93(76,84)85)75-56-64(49-43-27-21-15-5)80(92-75)74-59-71-78(87-10)81-70(53-60(7)88-81)77(86-9)82(71)91-74/h53-57,59H,11-52,58H2,1-10H3. The van der Waals surface area contributed by atoms with Crippen LogP contribution < -0.4 is 9.47 Å². The molecule has 93 heavy (non-hydrogen) atoms. The van der Waals surface area contributed by atoms with E-state index in [1.54, 1.807) is 48.2 Å². The fraction of sp³-hybridized carbons (Fsp3) is 0.639. The van der Waals surface area contributed by atoms with E-state index in [0.29, 0.717) is 16.2 Å². The number of unbranched alkanes of at least 4 members (excludes halogenated alkanes) is 30. The molecule has 1 aliphatic carbocycles. The maximum atomic E-state index is 16.6. The summed E-state index contributed by atoms with van der Waals surface area (Å²) in [5.74, 6) is 1.80. The molecule has 0 bridgehead atoms. The highest BCUT2D eigenvalue weighted by Gasteiger charge is 2.41. The van der Waals surface area contributed by atoms with Crippen molar-refractivity contribution in [2.75, 3.05) is 14.2 Å². The molecule has 0 radical (unpaired) electrons. The second-order valence-corrected chi connectivity index (χ2v) is 35.2. The van der Waals surface area contributed by atoms with Gasteiger partial charge in [-0.1, -0.05) is 234 Å². The van der Waals surface area contributed by atoms with E-state index in [9.17, 15) is 0 Å². The molecule has 0 unspecified atom stereocenters. The Labute approximate surface area is 587 Å². The molecule has 5 aromatic heterocycles. The van der Waals surface area contributed by atoms with Crippen LogP contribution in [0.3, 0.4) is 0 Å². The van der Waals surface area contributed by atoms with Crippen molar-refractivity contribution in [3.63, 3.8) is 0 Å². The van der Waals surface area contributed by atoms with Gasteiger partial charge in [-0.05, 0) is 172 Å². The maximum absolute atomic E-state index is 16.6. The Hall–Kier alpha value is -3.25. The second kappa shape index (κ2) is 40.0. The van der Waals surface area contributed by atoms with Crippen molar-refractivity contribution in [2.45, 2.75) is 331 Å². The lowest BCUT2D eigenvalue weighted by molar-refractivity contribution is 0.419. The number of ether oxygens (including phenoxy) is 2. The molecule has 6 aromatic rings. The Morgan fingerprint density at radius 1 is 0.376 bits per heavy atom. The molecule has 4 nitrogen and oxygen atoms in total. The molecule has 0 amide bonds. The van der Waals surface area contributed by atoms with E-state index in [1.807, 2.05) is 22.7 Å². The first kappa shape index (κ1) is 75.5. The number of methoxy groups -OCH3 is 2. The van der Waals surface area contributed by atoms with Crippen molar-refractivity contribution in [1.29, 1.82) is 0 Å². The smallest absolute Gasteiger partial charge is 0.208 e. The molecular weight excluding hydrogens is 1250 g/mol. The first-order valence-electron chi connectivity index (χ1n) is 38.0. The van der Waals surface area contributed by atoms with Gasteiger partial charge in [0, 0.05) is 56.2 Å². The van der Waals surface area contributed by atoms with Crippen LogP contribution in [0.1, 0.15) is 335 Å². The minimum atomic E-state index is -3.94. The van der Waals surface area contributed by atoms with Crippen LogP contribution in [0.25, 0.3) is 50.2 Å². The molecule has 8 rings (SSSR count). The average molecular weight is 1380 g/mol. The summed E-state index contributed by atoms with van der Waals surface area (Å²) in [6.45, 7) is 18.4. The van der Waals surface area contributed by atoms with Crippen molar-refractivity contribution >= 4 is 97.2 Å². The van der Waals surface area contributed by atoms with Gasteiger partial charge in [0.25, 0.3) is 0 Å². The zero-order valence-corrected chi connectivity index (χ0v) is 64.9. The number of aryl methyl sites for hydroxylation is 5. The quantitative estimate of drug-likeness (QED) is 0.0357. The summed E-state index contributed by atoms with van der Waals surface area (Å²) in [6.07, 6.45) is 53.9. The summed E-state index contributed by atoms with van der Waals surface area (Å²) in [6, 6.07) is 12.1. The summed E-state index contributed by atoms with van der Waals surface area (Å²) in [5, 5.41) is 2.16. The number of fused-ring (bicyclic) bond motifs is 2. The van der Waals surface area contributed by atoms with Crippen molar-refractivity contribution in [2.24, 2.45) is 0 Å². The molecule has 0 saturated carbocycles. The van der Waals surface area contributed by atoms with Crippen LogP contribution in [0.2, 0.25) is 0 Å². The van der Waals surface area contributed by atoms with Crippen LogP contribution >= 0.6 is 56.7 Å². The topological polar surface area (TPSA) is 52.6 Å². The third-order valence-electron chi connectivity index (χ3n) is 20.2. The van der Waals surface area contributed by atoms with Gasteiger partial charge in [-0.3, -0.25) is 0 Å². The molecule has 0 N–H and O–H groups in total. The highest BCUT2D eigenvalue weighted by molar-refractivity contribution is 8.05. The fourth-order valence-electron chi connectivity index (χ4n) is 14.8. The van der Waals surface area contributed by atoms with Gasteiger partial charge >= 0.3 is 0 Å². The van der Waals surface area contributed by atoms with Gasteiger partial charge in [0.2, 0.25) is 9.84 Å². The van der Waals surface area contributed by atoms with Gasteiger partial charge in [0.1, 0.15) is 11.5 Å². The lowest BCUT2D eigenvalue weighted by Crippen LogP contribution is -2.06. The Morgan fingerprint density at radius 3 is 1.25 bits per heavy atom. The molecule has 0 spiro atoms. The zero-order chi connectivity index (χ0) is 66.0. The van der Waals surface area contributed by atoms with Crippen molar-refractivity contribution in [3.8, 4) is 31.0 Å². The first-order chi connectivity index (χ1) is 45.5. The lowest BCUT2D eigenvalue weighted by atomic mass is 9.92. The van der Waals surface area contributed by atoms with Crippen LogP contribution in [0.5, 0.6) is 11.5 Å².